The van der Waals surface area contributed by atoms with Gasteiger partial charge in [-0.3, -0.25) is 27.4 Å². The highest BCUT2D eigenvalue weighted by atomic mass is 35.5. The van der Waals surface area contributed by atoms with Crippen molar-refractivity contribution in [1.29, 1.82) is 8.12 Å². The smallest absolute Gasteiger partial charge is 0.508 e. The molecule has 0 radical (unpaired) electrons. The van der Waals surface area contributed by atoms with Gasteiger partial charge in [0.05, 0.1) is 73.3 Å². The number of Topliss-reactive ketones (excluding diaryl/α,β-unsaturated/α-hetero) is 1. The van der Waals surface area contributed by atoms with E-state index in [4.69, 9.17) is 119 Å². The van der Waals surface area contributed by atoms with E-state index in [1.54, 1.807) is 72.8 Å². The first-order chi connectivity index (χ1) is 43.6. The summed E-state index contributed by atoms with van der Waals surface area (Å²) < 4.78 is 142. The summed E-state index contributed by atoms with van der Waals surface area (Å²) in [7, 11) is -10.5. The van der Waals surface area contributed by atoms with Crippen molar-refractivity contribution in [2.24, 2.45) is 0 Å². The average Bonchev–Trinajstić information content (AvgIpc) is 1.83. The van der Waals surface area contributed by atoms with Crippen LogP contribution in [0, 0.1) is 31.4 Å². The predicted molar refractivity (Wildman–Crippen MR) is 340 cm³/mol. The first-order valence-electron chi connectivity index (χ1n) is 28.8. The lowest BCUT2D eigenvalue weighted by Gasteiger charge is -2.23. The van der Waals surface area contributed by atoms with Crippen molar-refractivity contribution < 1.29 is 100 Å². The SMILES string of the molecule is C.Cc1ccc(S(=O)(=O)O)cc1.Oc1ccc(Cl)cc1.[2H]CC1OC(C)CC1OP(=O)(OCC[N+]#[C-])Oc1ccc(Cl)cc1.[2H]CC1OC(C)CC1OP(C)OCCC#N.[3H]OC.[3H]OC.[C-]#[N+]CCOP(=O)(Oc1ccc(Cl)cc1)OC1CC(CC(C)=O)OC1CO. The zero-order valence-corrected chi connectivity index (χ0v) is 55.3. The van der Waals surface area contributed by atoms with Gasteiger partial charge in [0.25, 0.3) is 10.1 Å². The zero-order chi connectivity index (χ0) is 69.3. The number of carbonyl (C=O) groups is 1. The lowest BCUT2D eigenvalue weighted by molar-refractivity contribution is -0.120. The molecule has 5 N–H and O–H groups in total. The van der Waals surface area contributed by atoms with Gasteiger partial charge in [0.2, 0.25) is 16.0 Å². The number of benzene rings is 4. The number of nitriles is 1. The van der Waals surface area contributed by atoms with Crippen LogP contribution in [0.1, 0.15) is 82.4 Å². The number of carbonyl (C=O) groups excluding carboxylic acids is 1. The fourth-order valence-corrected chi connectivity index (χ4v) is 12.0. The Kier molecular flexibility index (Phi) is 39.7. The summed E-state index contributed by atoms with van der Waals surface area (Å²) in [6, 6.07) is 26.8. The third-order valence-corrected chi connectivity index (χ3v) is 16.8. The van der Waals surface area contributed by atoms with Crippen molar-refractivity contribution in [3.05, 3.63) is 141 Å². The maximum Gasteiger partial charge on any atom is 0.530 e. The Morgan fingerprint density at radius 2 is 1.21 bits per heavy atom. The van der Waals surface area contributed by atoms with E-state index in [9.17, 15) is 27.4 Å². The summed E-state index contributed by atoms with van der Waals surface area (Å²) >= 11 is 17.1. The normalized spacial score (nSPS) is 22.6. The largest absolute Gasteiger partial charge is 0.530 e. The van der Waals surface area contributed by atoms with Gasteiger partial charge in [-0.15, -0.1) is 0 Å². The minimum Gasteiger partial charge on any atom is -0.508 e. The number of phosphoric ester groups is 2. The van der Waals surface area contributed by atoms with E-state index in [1.165, 1.54) is 45.4 Å². The fraction of sp³-hybridized carbons (Fsp3) is 0.517. The highest BCUT2D eigenvalue weighted by Crippen LogP contribution is 2.54. The number of phenolic OH excluding ortho intramolecular Hbond substituents is 1. The highest BCUT2D eigenvalue weighted by Gasteiger charge is 2.44. The standard InChI is InChI=1S/C17H21ClNO7P.C15H19ClNO5P.C10H18NO3P.C7H8O3S.C6H5ClO.2CH4O.CH4/c1-12(21)9-15-10-16(17(11-20)24-15)26-27(22,23-8-7-19-2)25-14-5-3-13(18)4-6-14;1-11-10-15(12(2)20-11)22-23(18,19-9-8-17-3)21-14-6-4-13(16)5-7-14;1-8-7-10(9(2)13-8)14-15(3)12-6-4-5-11;1-6-2-4-7(5-3-6)11(8,9)10;7-5-1-3-6(8)4-2-5;2*1-2;/h3-6,15-17,20H,7-11H2,1H3;4-7,11-12,15H,8-10H2,1-2H3;8-10H,4,6-7H2,1-3H3;2-5H,1H3,(H,8,9,10);1-4,8H;2*2H,1H3;1H4/i;2*2D;;;2*2T;. The molecule has 31 heteroatoms. The molecule has 0 saturated carbocycles. The molecular weight excluding hydrogens is 1310 g/mol. The molecule has 7 rings (SSSR count). The molecule has 24 nitrogen and oxygen atoms in total. The number of aromatic hydroxyl groups is 1. The van der Waals surface area contributed by atoms with Crippen LogP contribution in [0.3, 0.4) is 0 Å². The van der Waals surface area contributed by atoms with Gasteiger partial charge in [0, 0.05) is 64.4 Å². The number of aryl methyl sites for hydroxylation is 1. The van der Waals surface area contributed by atoms with E-state index in [2.05, 4.69) is 19.9 Å². The summed E-state index contributed by atoms with van der Waals surface area (Å²) in [6.45, 7) is 22.6. The van der Waals surface area contributed by atoms with E-state index in [0.717, 1.165) is 12.0 Å². The molecule has 498 valence electrons. The second-order valence-corrected chi connectivity index (χ2v) is 25.5. The molecule has 12 atom stereocenters. The van der Waals surface area contributed by atoms with Crippen molar-refractivity contribution in [2.75, 3.05) is 60.4 Å². The topological polar surface area (TPSA) is 321 Å². The number of hydrogen-bond acceptors (Lipinski definition) is 21. The van der Waals surface area contributed by atoms with Gasteiger partial charge < -0.3 is 62.4 Å². The maximum absolute atomic E-state index is 13.1. The number of rotatable bonds is 23. The number of phenols is 1. The maximum atomic E-state index is 13.1. The third kappa shape index (κ3) is 35.9. The van der Waals surface area contributed by atoms with Crippen molar-refractivity contribution >= 4 is 74.7 Å². The lowest BCUT2D eigenvalue weighted by Crippen LogP contribution is -2.28. The number of phosphoric acid groups is 2. The Hall–Kier alpha value is -4.39. The summed E-state index contributed by atoms with van der Waals surface area (Å²) in [5, 5.41) is 35.2. The number of hydrogen-bond donors (Lipinski definition) is 5. The Balaban J connectivity index is 0.00000117. The lowest BCUT2D eigenvalue weighted by atomic mass is 10.1. The highest BCUT2D eigenvalue weighted by molar-refractivity contribution is 7.85. The van der Waals surface area contributed by atoms with Crippen molar-refractivity contribution in [3.8, 4) is 23.3 Å². The number of ether oxygens (including phenoxy) is 3. The molecule has 0 aromatic heterocycles. The minimum atomic E-state index is -4.11. The molecule has 3 saturated heterocycles. The molecule has 3 heterocycles. The zero-order valence-electron chi connectivity index (χ0n) is 53.5. The summed E-state index contributed by atoms with van der Waals surface area (Å²) in [4.78, 5) is 17.5. The van der Waals surface area contributed by atoms with Crippen LogP contribution in [0.2, 0.25) is 15.1 Å². The average molecular weight is 1400 g/mol. The molecule has 4 aromatic rings. The molecule has 3 aliphatic heterocycles. The van der Waals surface area contributed by atoms with Crippen molar-refractivity contribution in [2.45, 2.75) is 141 Å². The summed E-state index contributed by atoms with van der Waals surface area (Å²) in [5.41, 5.74) is 0.956. The Morgan fingerprint density at radius 3 is 1.62 bits per heavy atom. The van der Waals surface area contributed by atoms with Crippen LogP contribution in [0.15, 0.2) is 102 Å². The van der Waals surface area contributed by atoms with Gasteiger partial charge in [0.1, 0.15) is 48.5 Å². The van der Waals surface area contributed by atoms with Gasteiger partial charge in [-0.25, -0.2) is 22.3 Å². The predicted octanol–water partition coefficient (Wildman–Crippen LogP) is 13.2. The molecule has 0 aliphatic carbocycles. The van der Waals surface area contributed by atoms with E-state index < -0.39 is 64.7 Å². The van der Waals surface area contributed by atoms with Crippen LogP contribution in [-0.2, 0) is 65.4 Å². The molecule has 0 bridgehead atoms. The molecule has 3 fully saturated rings. The first-order valence-corrected chi connectivity index (χ1v) is 33.7. The van der Waals surface area contributed by atoms with E-state index in [1.807, 2.05) is 33.5 Å². The van der Waals surface area contributed by atoms with E-state index in [0.29, 0.717) is 34.5 Å². The second kappa shape index (κ2) is 45.8. The third-order valence-electron chi connectivity index (χ3n) is 11.2. The minimum absolute atomic E-state index is 0. The Bertz CT molecular complexity index is 3020. The monoisotopic (exact) mass is 1390 g/mol. The van der Waals surface area contributed by atoms with Gasteiger partial charge in [-0.2, -0.15) is 13.7 Å². The number of aliphatic hydroxyl groups excluding tert-OH is 3. The van der Waals surface area contributed by atoms with Gasteiger partial charge >= 0.3 is 15.6 Å². The molecule has 0 spiro atoms. The van der Waals surface area contributed by atoms with Gasteiger partial charge in [-0.1, -0.05) is 59.9 Å². The van der Waals surface area contributed by atoms with Crippen LogP contribution in [0.5, 0.6) is 17.2 Å². The molecule has 4 aromatic carbocycles. The van der Waals surface area contributed by atoms with Gasteiger partial charge in [-0.05, 0) is 126 Å². The Morgan fingerprint density at radius 1 is 0.775 bits per heavy atom. The van der Waals surface area contributed by atoms with Crippen molar-refractivity contribution in [3.63, 3.8) is 0 Å². The molecule has 3 aliphatic rings. The van der Waals surface area contributed by atoms with E-state index in [-0.39, 0.29) is 119 Å². The molecule has 0 amide bonds. The Labute approximate surface area is 545 Å². The van der Waals surface area contributed by atoms with Crippen LogP contribution in [0.25, 0.3) is 9.69 Å². The molecule has 89 heavy (non-hydrogen) atoms. The van der Waals surface area contributed by atoms with Crippen LogP contribution >= 0.6 is 58.8 Å². The van der Waals surface area contributed by atoms with E-state index >= 15 is 0 Å². The van der Waals surface area contributed by atoms with Crippen LogP contribution < -0.4 is 9.05 Å². The number of halogens is 3. The second-order valence-electron chi connectivity index (χ2n) is 18.4. The van der Waals surface area contributed by atoms with Crippen molar-refractivity contribution in [1.82, 2.24) is 0 Å². The number of nitrogens with zero attached hydrogens (tertiary/aromatic N) is 3. The van der Waals surface area contributed by atoms with Crippen LogP contribution in [-0.4, -0.2) is 157 Å². The van der Waals surface area contributed by atoms with Gasteiger partial charge in [0.15, 0.2) is 8.38 Å². The summed E-state index contributed by atoms with van der Waals surface area (Å²) in [5.74, 6) is 0.672. The fourth-order valence-electron chi connectivity index (χ4n) is 7.31. The molecular formula is C58H83Cl3N3O21P3S. The number of aliphatic hydroxyl groups is 3. The quantitative estimate of drug-likeness (QED) is 0.0199. The first kappa shape index (κ1) is 77.1. The van der Waals surface area contributed by atoms with Crippen LogP contribution in [0.4, 0.5) is 0 Å². The number of ketones is 1. The summed E-state index contributed by atoms with van der Waals surface area (Å²) in [6.07, 6.45) is -1.07. The molecule has 12 unspecified atom stereocenters.